The van der Waals surface area contributed by atoms with Crippen LogP contribution >= 0.6 is 0 Å². The second kappa shape index (κ2) is 11.9. The van der Waals surface area contributed by atoms with Crippen molar-refractivity contribution in [3.8, 4) is 0 Å². The molecule has 2 nitrogen and oxygen atoms in total. The van der Waals surface area contributed by atoms with Crippen molar-refractivity contribution in [3.05, 3.63) is 44.1 Å². The average Bonchev–Trinajstić information content (AvgIpc) is 2.19. The molecule has 0 unspecified atom stereocenters. The molecule has 0 aliphatic heterocycles. The number of aliphatic hydroxyl groups is 1. The number of ketones is 1. The number of allylic oxidation sites excluding steroid dienone is 3. The van der Waals surface area contributed by atoms with Gasteiger partial charge in [-0.05, 0) is 25.3 Å². The van der Waals surface area contributed by atoms with Gasteiger partial charge in [0.15, 0.2) is 0 Å². The third-order valence-corrected chi connectivity index (χ3v) is 1.98. The van der Waals surface area contributed by atoms with Crippen LogP contribution in [0.25, 0.3) is 0 Å². The molecule has 0 atom stereocenters. The predicted molar refractivity (Wildman–Crippen MR) is 66.0 cm³/mol. The van der Waals surface area contributed by atoms with Crippen molar-refractivity contribution < 1.29 is 74.5 Å². The molecule has 0 saturated carbocycles. The van der Waals surface area contributed by atoms with Crippen LogP contribution in [0.4, 0.5) is 13.2 Å². The van der Waals surface area contributed by atoms with Crippen molar-refractivity contribution in [2.24, 2.45) is 0 Å². The van der Waals surface area contributed by atoms with Crippen LogP contribution in [0.3, 0.4) is 0 Å². The second-order valence-electron chi connectivity index (χ2n) is 3.61. The molecule has 104 valence electrons. The molecule has 0 aliphatic carbocycles. The molecule has 0 bridgehead atoms. The summed E-state index contributed by atoms with van der Waals surface area (Å²) in [7, 11) is 0. The van der Waals surface area contributed by atoms with Crippen LogP contribution in [-0.2, 0) is 4.79 Å². The van der Waals surface area contributed by atoms with Crippen molar-refractivity contribution >= 4 is 5.78 Å². The average molecular weight is 302 g/mol. The predicted octanol–water partition coefficient (Wildman–Crippen LogP) is 1.32. The molecular weight excluding hydrogens is 284 g/mol. The van der Waals surface area contributed by atoms with Gasteiger partial charge in [-0.15, -0.1) is 0 Å². The Morgan fingerprint density at radius 3 is 2.00 bits per heavy atom. The molecule has 0 saturated heterocycles. The Morgan fingerprint density at radius 1 is 1.11 bits per heavy atom. The Hall–Kier alpha value is 0.116. The van der Waals surface area contributed by atoms with E-state index in [4.69, 9.17) is 5.11 Å². The van der Waals surface area contributed by atoms with Crippen LogP contribution in [0, 0.1) is 7.43 Å². The van der Waals surface area contributed by atoms with E-state index >= 15 is 0 Å². The van der Waals surface area contributed by atoms with Gasteiger partial charge in [0.05, 0.1) is 0 Å². The molecule has 0 aliphatic rings. The molecular formula is C13H18F3KO2. The molecule has 0 heterocycles. The quantitative estimate of drug-likeness (QED) is 0.253. The maximum absolute atomic E-state index is 11.8. The molecule has 1 N–H and O–H groups in total. The van der Waals surface area contributed by atoms with Gasteiger partial charge in [0, 0.05) is 6.42 Å². The summed E-state index contributed by atoms with van der Waals surface area (Å²) in [5.74, 6) is -1.80. The van der Waals surface area contributed by atoms with Crippen LogP contribution in [0.1, 0.15) is 25.7 Å². The maximum Gasteiger partial charge on any atom is 1.00 e. The van der Waals surface area contributed by atoms with Crippen LogP contribution in [0.15, 0.2) is 36.6 Å². The number of unbranched alkanes of at least 4 members (excludes halogenated alkanes) is 1. The fourth-order valence-corrected chi connectivity index (χ4v) is 1.08. The van der Waals surface area contributed by atoms with Gasteiger partial charge in [-0.2, -0.15) is 13.2 Å². The van der Waals surface area contributed by atoms with Crippen molar-refractivity contribution in [1.29, 1.82) is 0 Å². The number of Topliss-reactive ketones (excluding diaryl/α,β-unsaturated/α-hetero) is 1. The third kappa shape index (κ3) is 14.3. The largest absolute Gasteiger partial charge is 1.00 e. The van der Waals surface area contributed by atoms with E-state index in [9.17, 15) is 18.0 Å². The van der Waals surface area contributed by atoms with Crippen LogP contribution in [-0.4, -0.2) is 17.1 Å². The van der Waals surface area contributed by atoms with E-state index in [1.165, 1.54) is 12.2 Å². The van der Waals surface area contributed by atoms with Gasteiger partial charge in [0.2, 0.25) is 5.78 Å². The molecule has 0 aromatic carbocycles. The van der Waals surface area contributed by atoms with Gasteiger partial charge in [-0.25, -0.2) is 0 Å². The minimum absolute atomic E-state index is 0. The van der Waals surface area contributed by atoms with Crippen LogP contribution < -0.4 is 51.4 Å². The first-order chi connectivity index (χ1) is 7.73. The van der Waals surface area contributed by atoms with Crippen LogP contribution in [0.2, 0.25) is 0 Å². The molecule has 0 aromatic heterocycles. The van der Waals surface area contributed by atoms with Gasteiger partial charge in [0.1, 0.15) is 5.76 Å². The zero-order chi connectivity index (χ0) is 13.5. The molecule has 0 amide bonds. The SMILES string of the molecule is C=C(O)/C=C\C(=C)CCCCC(=O)C(F)(F)F.[CH3-].[K+]. The zero-order valence-electron chi connectivity index (χ0n) is 11.4. The number of rotatable bonds is 7. The van der Waals surface area contributed by atoms with Crippen molar-refractivity contribution in [2.75, 3.05) is 0 Å². The van der Waals surface area contributed by atoms with E-state index in [2.05, 4.69) is 13.2 Å². The summed E-state index contributed by atoms with van der Waals surface area (Å²) in [6, 6.07) is 0. The van der Waals surface area contributed by atoms with E-state index in [-0.39, 0.29) is 71.0 Å². The first-order valence-corrected chi connectivity index (χ1v) is 5.07. The normalized spacial score (nSPS) is 10.5. The summed E-state index contributed by atoms with van der Waals surface area (Å²) < 4.78 is 35.5. The first-order valence-electron chi connectivity index (χ1n) is 5.07. The standard InChI is InChI=1S/C12H15F3O2.CH3.K/c1-9(7-8-10(2)16)5-3-4-6-11(17)12(13,14)15;;/h7-8,16H,1-6H2;1H3;/q;-1;+1/b8-7-;;. The van der Waals surface area contributed by atoms with E-state index in [0.29, 0.717) is 18.4 Å². The maximum atomic E-state index is 11.8. The molecule has 0 rings (SSSR count). The van der Waals surface area contributed by atoms with Gasteiger partial charge in [-0.3, -0.25) is 4.79 Å². The number of hydrogen-bond donors (Lipinski definition) is 1. The molecule has 0 spiro atoms. The number of aliphatic hydroxyl groups excluding tert-OH is 1. The zero-order valence-corrected chi connectivity index (χ0v) is 14.5. The smallest absolute Gasteiger partial charge is 0.509 e. The molecule has 6 heteroatoms. The minimum Gasteiger partial charge on any atom is -0.509 e. The summed E-state index contributed by atoms with van der Waals surface area (Å²) in [6.07, 6.45) is -1.24. The van der Waals surface area contributed by atoms with Crippen LogP contribution in [0.5, 0.6) is 0 Å². The Bertz CT molecular complexity index is 333. The van der Waals surface area contributed by atoms with E-state index < -0.39 is 18.4 Å². The fourth-order valence-electron chi connectivity index (χ4n) is 1.08. The summed E-state index contributed by atoms with van der Waals surface area (Å²) in [5, 5.41) is 8.74. The summed E-state index contributed by atoms with van der Waals surface area (Å²) >= 11 is 0. The van der Waals surface area contributed by atoms with Gasteiger partial charge < -0.3 is 12.5 Å². The second-order valence-corrected chi connectivity index (χ2v) is 3.61. The van der Waals surface area contributed by atoms with E-state index in [1.54, 1.807) is 0 Å². The monoisotopic (exact) mass is 302 g/mol. The topological polar surface area (TPSA) is 37.3 Å². The summed E-state index contributed by atoms with van der Waals surface area (Å²) in [6.45, 7) is 6.88. The Morgan fingerprint density at radius 2 is 1.58 bits per heavy atom. The fraction of sp³-hybridized carbons (Fsp3) is 0.385. The number of carbonyl (C=O) groups excluding carboxylic acids is 1. The van der Waals surface area contributed by atoms with E-state index in [0.717, 1.165) is 0 Å². The number of halogens is 3. The Labute approximate surface area is 154 Å². The number of hydrogen-bond acceptors (Lipinski definition) is 2. The third-order valence-electron chi connectivity index (χ3n) is 1.98. The molecule has 0 radical (unpaired) electrons. The summed E-state index contributed by atoms with van der Waals surface area (Å²) in [4.78, 5) is 10.5. The first kappa shape index (κ1) is 24.2. The van der Waals surface area contributed by atoms with Gasteiger partial charge >= 0.3 is 57.6 Å². The minimum atomic E-state index is -4.73. The molecule has 0 aromatic rings. The Balaban J connectivity index is -0.00000128. The van der Waals surface area contributed by atoms with Crippen molar-refractivity contribution in [3.63, 3.8) is 0 Å². The van der Waals surface area contributed by atoms with Gasteiger partial charge in [-0.1, -0.05) is 24.8 Å². The van der Waals surface area contributed by atoms with Crippen molar-refractivity contribution in [2.45, 2.75) is 31.9 Å². The number of carbonyl (C=O) groups is 1. The summed E-state index contributed by atoms with van der Waals surface area (Å²) in [5.41, 5.74) is 0.666. The number of alkyl halides is 3. The van der Waals surface area contributed by atoms with Crippen molar-refractivity contribution in [1.82, 2.24) is 0 Å². The van der Waals surface area contributed by atoms with E-state index in [1.807, 2.05) is 0 Å². The molecule has 0 fully saturated rings. The molecule has 19 heavy (non-hydrogen) atoms. The van der Waals surface area contributed by atoms with Gasteiger partial charge in [0.25, 0.3) is 0 Å². The Kier molecular flexibility index (Phi) is 15.1.